The molecule has 0 saturated heterocycles. The van der Waals surface area contributed by atoms with Crippen LogP contribution >= 0.6 is 23.2 Å². The second-order valence-electron chi connectivity index (χ2n) is 5.99. The number of carbonyl (C=O) groups excluding carboxylic acids is 1. The zero-order valence-corrected chi connectivity index (χ0v) is 14.8. The quantitative estimate of drug-likeness (QED) is 0.657. The molecule has 0 heterocycles. The molecule has 5 nitrogen and oxygen atoms in total. The largest absolute Gasteiger partial charge is 0.387 e. The summed E-state index contributed by atoms with van der Waals surface area (Å²) in [5, 5.41) is 19.2. The third kappa shape index (κ3) is 6.01. The van der Waals surface area contributed by atoms with E-state index in [0.717, 1.165) is 0 Å². The highest BCUT2D eigenvalue weighted by atomic mass is 35.5. The topological polar surface area (TPSA) is 73.4 Å². The molecular formula is C15H23Cl2N3O2. The molecule has 0 aliphatic heterocycles. The average Bonchev–Trinajstić information content (AvgIpc) is 2.39. The molecule has 0 fully saturated rings. The van der Waals surface area contributed by atoms with E-state index in [1.807, 2.05) is 27.7 Å². The number of β-amino-alcohol motifs (C(OH)–C–C–N with tert-alkyl or cyclic N) is 1. The van der Waals surface area contributed by atoms with Crippen LogP contribution in [0.1, 0.15) is 39.4 Å². The second kappa shape index (κ2) is 8.02. The predicted molar refractivity (Wildman–Crippen MR) is 91.9 cm³/mol. The molecule has 0 radical (unpaired) electrons. The van der Waals surface area contributed by atoms with Gasteiger partial charge in [-0.15, -0.1) is 0 Å². The number of carbonyl (C=O) groups is 1. The molecule has 1 unspecified atom stereocenters. The van der Waals surface area contributed by atoms with Gasteiger partial charge in [-0.1, -0.05) is 23.2 Å². The SMILES string of the molecule is CCNC(=O)Nc1c(Cl)cc(C(O)CNC(C)(C)C)cc1Cl. The van der Waals surface area contributed by atoms with Crippen molar-refractivity contribution in [2.24, 2.45) is 0 Å². The number of aliphatic hydroxyl groups is 1. The Labute approximate surface area is 141 Å². The van der Waals surface area contributed by atoms with Gasteiger partial charge in [0.15, 0.2) is 0 Å². The first-order chi connectivity index (χ1) is 10.1. The number of halogens is 2. The number of benzene rings is 1. The van der Waals surface area contributed by atoms with Crippen LogP contribution in [0.4, 0.5) is 10.5 Å². The Hall–Kier alpha value is -1.01. The zero-order valence-electron chi connectivity index (χ0n) is 13.3. The van der Waals surface area contributed by atoms with Crippen LogP contribution in [0, 0.1) is 0 Å². The zero-order chi connectivity index (χ0) is 16.9. The second-order valence-corrected chi connectivity index (χ2v) is 6.81. The summed E-state index contributed by atoms with van der Waals surface area (Å²) in [4.78, 5) is 11.5. The molecule has 0 aromatic heterocycles. The first kappa shape index (κ1) is 19.0. The van der Waals surface area contributed by atoms with Gasteiger partial charge in [0.25, 0.3) is 0 Å². The standard InChI is InChI=1S/C15H23Cl2N3O2/c1-5-18-14(22)20-13-10(16)6-9(7-11(13)17)12(21)8-19-15(2,3)4/h6-7,12,19,21H,5,8H2,1-4H3,(H2,18,20,22). The van der Waals surface area contributed by atoms with Crippen LogP contribution < -0.4 is 16.0 Å². The van der Waals surface area contributed by atoms with Crippen LogP contribution in [0.3, 0.4) is 0 Å². The third-order valence-electron chi connectivity index (χ3n) is 2.85. The van der Waals surface area contributed by atoms with Crippen molar-refractivity contribution in [3.05, 3.63) is 27.7 Å². The van der Waals surface area contributed by atoms with E-state index in [9.17, 15) is 9.90 Å². The first-order valence-electron chi connectivity index (χ1n) is 7.11. The van der Waals surface area contributed by atoms with Crippen LogP contribution in [-0.2, 0) is 0 Å². The van der Waals surface area contributed by atoms with Crippen LogP contribution in [0.2, 0.25) is 10.0 Å². The minimum atomic E-state index is -0.743. The molecule has 0 aliphatic carbocycles. The fraction of sp³-hybridized carbons (Fsp3) is 0.533. The first-order valence-corrected chi connectivity index (χ1v) is 7.86. The maximum absolute atomic E-state index is 11.5. The highest BCUT2D eigenvalue weighted by molar-refractivity contribution is 6.39. The van der Waals surface area contributed by atoms with E-state index >= 15 is 0 Å². The summed E-state index contributed by atoms with van der Waals surface area (Å²) >= 11 is 12.3. The number of hydrogen-bond donors (Lipinski definition) is 4. The Balaban J connectivity index is 2.86. The van der Waals surface area contributed by atoms with Crippen molar-refractivity contribution in [2.75, 3.05) is 18.4 Å². The van der Waals surface area contributed by atoms with Crippen LogP contribution in [0.25, 0.3) is 0 Å². The molecule has 1 aromatic rings. The number of amides is 2. The van der Waals surface area contributed by atoms with E-state index in [0.29, 0.717) is 24.3 Å². The van der Waals surface area contributed by atoms with E-state index in [4.69, 9.17) is 23.2 Å². The summed E-state index contributed by atoms with van der Waals surface area (Å²) in [6.45, 7) is 8.72. The Morgan fingerprint density at radius 3 is 2.27 bits per heavy atom. The summed E-state index contributed by atoms with van der Waals surface area (Å²) in [5.74, 6) is 0. The lowest BCUT2D eigenvalue weighted by atomic mass is 10.1. The van der Waals surface area contributed by atoms with E-state index in [1.54, 1.807) is 12.1 Å². The van der Waals surface area contributed by atoms with Crippen molar-refractivity contribution in [2.45, 2.75) is 39.3 Å². The fourth-order valence-corrected chi connectivity index (χ4v) is 2.34. The molecule has 22 heavy (non-hydrogen) atoms. The van der Waals surface area contributed by atoms with E-state index in [1.165, 1.54) is 0 Å². The Morgan fingerprint density at radius 1 is 1.27 bits per heavy atom. The molecule has 0 saturated carbocycles. The highest BCUT2D eigenvalue weighted by Crippen LogP contribution is 2.33. The van der Waals surface area contributed by atoms with Gasteiger partial charge in [-0.05, 0) is 45.4 Å². The summed E-state index contributed by atoms with van der Waals surface area (Å²) < 4.78 is 0. The maximum Gasteiger partial charge on any atom is 0.319 e. The third-order valence-corrected chi connectivity index (χ3v) is 3.45. The van der Waals surface area contributed by atoms with Gasteiger partial charge < -0.3 is 21.1 Å². The molecule has 4 N–H and O–H groups in total. The highest BCUT2D eigenvalue weighted by Gasteiger charge is 2.17. The molecule has 1 aromatic carbocycles. The molecule has 124 valence electrons. The van der Waals surface area contributed by atoms with Crippen molar-refractivity contribution in [3.63, 3.8) is 0 Å². The van der Waals surface area contributed by atoms with Crippen LogP contribution in [-0.4, -0.2) is 29.8 Å². The van der Waals surface area contributed by atoms with Crippen molar-refractivity contribution >= 4 is 34.9 Å². The molecule has 0 bridgehead atoms. The predicted octanol–water partition coefficient (Wildman–Crippen LogP) is 3.56. The van der Waals surface area contributed by atoms with Gasteiger partial charge in [-0.2, -0.15) is 0 Å². The van der Waals surface area contributed by atoms with Gasteiger partial charge in [0.1, 0.15) is 0 Å². The normalized spacial score (nSPS) is 12.9. The van der Waals surface area contributed by atoms with Crippen molar-refractivity contribution < 1.29 is 9.90 Å². The molecule has 0 spiro atoms. The number of aliphatic hydroxyl groups excluding tert-OH is 1. The molecule has 0 aliphatic rings. The summed E-state index contributed by atoms with van der Waals surface area (Å²) in [6, 6.07) is 2.82. The van der Waals surface area contributed by atoms with Crippen LogP contribution in [0.5, 0.6) is 0 Å². The summed E-state index contributed by atoms with van der Waals surface area (Å²) in [5.41, 5.74) is 0.816. The molecular weight excluding hydrogens is 325 g/mol. The van der Waals surface area contributed by atoms with Gasteiger partial charge in [0.05, 0.1) is 21.8 Å². The number of hydrogen-bond acceptors (Lipinski definition) is 3. The van der Waals surface area contributed by atoms with Gasteiger partial charge in [0.2, 0.25) is 0 Å². The lowest BCUT2D eigenvalue weighted by Gasteiger charge is -2.23. The number of rotatable bonds is 5. The van der Waals surface area contributed by atoms with Crippen molar-refractivity contribution in [1.82, 2.24) is 10.6 Å². The van der Waals surface area contributed by atoms with Crippen molar-refractivity contribution in [3.8, 4) is 0 Å². The van der Waals surface area contributed by atoms with Crippen molar-refractivity contribution in [1.29, 1.82) is 0 Å². The minimum absolute atomic E-state index is 0.103. The average molecular weight is 348 g/mol. The van der Waals surface area contributed by atoms with E-state index in [2.05, 4.69) is 16.0 Å². The molecule has 7 heteroatoms. The van der Waals surface area contributed by atoms with Gasteiger partial charge >= 0.3 is 6.03 Å². The minimum Gasteiger partial charge on any atom is -0.387 e. The summed E-state index contributed by atoms with van der Waals surface area (Å²) in [6.07, 6.45) is -0.743. The molecule has 1 atom stereocenters. The number of anilines is 1. The Morgan fingerprint density at radius 2 is 1.82 bits per heavy atom. The van der Waals surface area contributed by atoms with Crippen LogP contribution in [0.15, 0.2) is 12.1 Å². The molecule has 2 amide bonds. The van der Waals surface area contributed by atoms with Gasteiger partial charge in [-0.3, -0.25) is 0 Å². The van der Waals surface area contributed by atoms with Gasteiger partial charge in [-0.25, -0.2) is 4.79 Å². The van der Waals surface area contributed by atoms with E-state index in [-0.39, 0.29) is 21.6 Å². The number of nitrogens with one attached hydrogen (secondary N) is 3. The Kier molecular flexibility index (Phi) is 6.94. The maximum atomic E-state index is 11.5. The Bertz CT molecular complexity index is 507. The number of urea groups is 1. The monoisotopic (exact) mass is 347 g/mol. The lowest BCUT2D eigenvalue weighted by Crippen LogP contribution is -2.38. The molecule has 1 rings (SSSR count). The van der Waals surface area contributed by atoms with E-state index < -0.39 is 6.10 Å². The summed E-state index contributed by atoms with van der Waals surface area (Å²) in [7, 11) is 0. The smallest absolute Gasteiger partial charge is 0.319 e. The fourth-order valence-electron chi connectivity index (χ4n) is 1.74. The van der Waals surface area contributed by atoms with Gasteiger partial charge in [0, 0.05) is 18.6 Å². The lowest BCUT2D eigenvalue weighted by molar-refractivity contribution is 0.163.